The quantitative estimate of drug-likeness (QED) is 0.896. The Labute approximate surface area is 105 Å². The van der Waals surface area contributed by atoms with Gasteiger partial charge in [-0.2, -0.15) is 0 Å². The van der Waals surface area contributed by atoms with E-state index in [0.717, 1.165) is 5.76 Å². The van der Waals surface area contributed by atoms with Gasteiger partial charge < -0.3 is 14.4 Å². The van der Waals surface area contributed by atoms with Crippen molar-refractivity contribution in [1.82, 2.24) is 4.98 Å². The molecule has 0 aliphatic carbocycles. The van der Waals surface area contributed by atoms with E-state index in [1.165, 1.54) is 0 Å². The molecular weight excluding hydrogens is 232 g/mol. The largest absolute Gasteiger partial charge is 0.478 e. The molecule has 0 unspecified atom stereocenters. The van der Waals surface area contributed by atoms with E-state index in [-0.39, 0.29) is 5.56 Å². The van der Waals surface area contributed by atoms with Gasteiger partial charge in [-0.05, 0) is 30.7 Å². The number of aromatic nitrogens is 1. The fraction of sp³-hybridized carbons (Fsp3) is 0.231. The molecule has 1 N–H and O–H groups in total. The van der Waals surface area contributed by atoms with Crippen LogP contribution >= 0.6 is 0 Å². The number of nitrogens with zero attached hydrogens (tertiary/aromatic N) is 2. The van der Waals surface area contributed by atoms with E-state index in [9.17, 15) is 9.90 Å². The summed E-state index contributed by atoms with van der Waals surface area (Å²) in [4.78, 5) is 17.2. The molecule has 0 atom stereocenters. The molecule has 0 aromatic carbocycles. The monoisotopic (exact) mass is 246 g/mol. The summed E-state index contributed by atoms with van der Waals surface area (Å²) in [6, 6.07) is 5.32. The highest BCUT2D eigenvalue weighted by atomic mass is 16.4. The van der Waals surface area contributed by atoms with Crippen LogP contribution in [0.1, 0.15) is 21.7 Å². The Morgan fingerprint density at radius 3 is 2.89 bits per heavy atom. The van der Waals surface area contributed by atoms with E-state index in [1.807, 2.05) is 6.07 Å². The van der Waals surface area contributed by atoms with Gasteiger partial charge in [0.15, 0.2) is 0 Å². The Balaban J connectivity index is 2.32. The zero-order valence-corrected chi connectivity index (χ0v) is 10.3. The Morgan fingerprint density at radius 2 is 2.28 bits per heavy atom. The molecule has 0 radical (unpaired) electrons. The predicted molar refractivity (Wildman–Crippen MR) is 66.7 cm³/mol. The SMILES string of the molecule is Cc1ccnc(N(C)Cc2ccco2)c1C(=O)O. The van der Waals surface area contributed by atoms with Crippen LogP contribution in [0.25, 0.3) is 0 Å². The third-order valence-electron chi connectivity index (χ3n) is 2.69. The summed E-state index contributed by atoms with van der Waals surface area (Å²) in [6.45, 7) is 2.24. The molecule has 0 spiro atoms. The minimum absolute atomic E-state index is 0.228. The standard InChI is InChI=1S/C13H14N2O3/c1-9-5-6-14-12(11(9)13(16)17)15(2)8-10-4-3-7-18-10/h3-7H,8H2,1-2H3,(H,16,17). The molecule has 2 aromatic heterocycles. The van der Waals surface area contributed by atoms with Crippen LogP contribution in [0.5, 0.6) is 0 Å². The van der Waals surface area contributed by atoms with Crippen molar-refractivity contribution >= 4 is 11.8 Å². The molecule has 2 aromatic rings. The van der Waals surface area contributed by atoms with Crippen LogP contribution in [0, 0.1) is 6.92 Å². The number of pyridine rings is 1. The van der Waals surface area contributed by atoms with Crippen molar-refractivity contribution < 1.29 is 14.3 Å². The van der Waals surface area contributed by atoms with Gasteiger partial charge in [-0.3, -0.25) is 0 Å². The third kappa shape index (κ3) is 2.34. The van der Waals surface area contributed by atoms with Crippen molar-refractivity contribution in [3.63, 3.8) is 0 Å². The molecule has 5 nitrogen and oxygen atoms in total. The molecule has 0 aliphatic rings. The summed E-state index contributed by atoms with van der Waals surface area (Å²) < 4.78 is 5.24. The van der Waals surface area contributed by atoms with Crippen molar-refractivity contribution in [3.8, 4) is 0 Å². The molecule has 0 saturated heterocycles. The molecule has 0 amide bonds. The Morgan fingerprint density at radius 1 is 1.50 bits per heavy atom. The molecule has 2 rings (SSSR count). The van der Waals surface area contributed by atoms with Gasteiger partial charge in [-0.1, -0.05) is 0 Å². The average molecular weight is 246 g/mol. The number of carboxylic acids is 1. The molecule has 0 bridgehead atoms. The van der Waals surface area contributed by atoms with Crippen molar-refractivity contribution in [2.24, 2.45) is 0 Å². The molecule has 5 heteroatoms. The second-order valence-electron chi connectivity index (χ2n) is 4.07. The lowest BCUT2D eigenvalue weighted by molar-refractivity contribution is 0.0696. The highest BCUT2D eigenvalue weighted by molar-refractivity contribution is 5.94. The zero-order chi connectivity index (χ0) is 13.1. The van der Waals surface area contributed by atoms with E-state index in [1.54, 1.807) is 43.5 Å². The number of furan rings is 1. The maximum Gasteiger partial charge on any atom is 0.339 e. The number of anilines is 1. The Kier molecular flexibility index (Phi) is 3.32. The van der Waals surface area contributed by atoms with Gasteiger partial charge in [-0.25, -0.2) is 9.78 Å². The Bertz CT molecular complexity index is 549. The van der Waals surface area contributed by atoms with E-state index >= 15 is 0 Å². The number of hydrogen-bond donors (Lipinski definition) is 1. The maximum atomic E-state index is 11.3. The van der Waals surface area contributed by atoms with Crippen molar-refractivity contribution in [2.45, 2.75) is 13.5 Å². The normalized spacial score (nSPS) is 10.3. The number of rotatable bonds is 4. The minimum Gasteiger partial charge on any atom is -0.478 e. The number of carboxylic acid groups (broad SMARTS) is 1. The Hall–Kier alpha value is -2.30. The fourth-order valence-electron chi connectivity index (χ4n) is 1.81. The average Bonchev–Trinajstić information content (AvgIpc) is 2.80. The number of carbonyl (C=O) groups is 1. The molecule has 0 fully saturated rings. The van der Waals surface area contributed by atoms with Crippen LogP contribution in [0.4, 0.5) is 5.82 Å². The van der Waals surface area contributed by atoms with E-state index < -0.39 is 5.97 Å². The zero-order valence-electron chi connectivity index (χ0n) is 10.3. The van der Waals surface area contributed by atoms with Gasteiger partial charge in [0.2, 0.25) is 0 Å². The van der Waals surface area contributed by atoms with Crippen LogP contribution in [-0.2, 0) is 6.54 Å². The van der Waals surface area contributed by atoms with E-state index in [4.69, 9.17) is 4.42 Å². The van der Waals surface area contributed by atoms with Gasteiger partial charge in [-0.15, -0.1) is 0 Å². The van der Waals surface area contributed by atoms with E-state index in [2.05, 4.69) is 4.98 Å². The molecular formula is C13H14N2O3. The van der Waals surface area contributed by atoms with Crippen molar-refractivity contribution in [1.29, 1.82) is 0 Å². The van der Waals surface area contributed by atoms with Crippen molar-refractivity contribution in [3.05, 3.63) is 47.5 Å². The van der Waals surface area contributed by atoms with Crippen LogP contribution < -0.4 is 4.90 Å². The van der Waals surface area contributed by atoms with Gasteiger partial charge in [0, 0.05) is 13.2 Å². The van der Waals surface area contributed by atoms with Gasteiger partial charge >= 0.3 is 5.97 Å². The topological polar surface area (TPSA) is 66.6 Å². The third-order valence-corrected chi connectivity index (χ3v) is 2.69. The summed E-state index contributed by atoms with van der Waals surface area (Å²) >= 11 is 0. The van der Waals surface area contributed by atoms with Crippen molar-refractivity contribution in [2.75, 3.05) is 11.9 Å². The number of aromatic carboxylic acids is 1. The predicted octanol–water partition coefficient (Wildman–Crippen LogP) is 2.32. The summed E-state index contributed by atoms with van der Waals surface area (Å²) in [7, 11) is 1.79. The van der Waals surface area contributed by atoms with E-state index in [0.29, 0.717) is 17.9 Å². The van der Waals surface area contributed by atoms with Gasteiger partial charge in [0.1, 0.15) is 17.1 Å². The lowest BCUT2D eigenvalue weighted by Gasteiger charge is -2.19. The van der Waals surface area contributed by atoms with Crippen LogP contribution in [-0.4, -0.2) is 23.1 Å². The van der Waals surface area contributed by atoms with Crippen LogP contribution in [0.15, 0.2) is 35.1 Å². The van der Waals surface area contributed by atoms with Crippen LogP contribution in [0.3, 0.4) is 0 Å². The summed E-state index contributed by atoms with van der Waals surface area (Å²) in [5, 5.41) is 9.23. The summed E-state index contributed by atoms with van der Waals surface area (Å²) in [5.74, 6) is 0.234. The minimum atomic E-state index is -0.970. The molecule has 0 saturated carbocycles. The van der Waals surface area contributed by atoms with Gasteiger partial charge in [0.05, 0.1) is 12.8 Å². The fourth-order valence-corrected chi connectivity index (χ4v) is 1.81. The lowest BCUT2D eigenvalue weighted by Crippen LogP contribution is -2.21. The molecule has 0 aliphatic heterocycles. The molecule has 18 heavy (non-hydrogen) atoms. The molecule has 2 heterocycles. The first-order valence-electron chi connectivity index (χ1n) is 5.52. The lowest BCUT2D eigenvalue weighted by atomic mass is 10.1. The maximum absolute atomic E-state index is 11.3. The first kappa shape index (κ1) is 12.2. The smallest absolute Gasteiger partial charge is 0.339 e. The first-order valence-corrected chi connectivity index (χ1v) is 5.52. The number of hydrogen-bond acceptors (Lipinski definition) is 4. The second kappa shape index (κ2) is 4.91. The first-order chi connectivity index (χ1) is 8.59. The summed E-state index contributed by atoms with van der Waals surface area (Å²) in [5.41, 5.74) is 0.922. The van der Waals surface area contributed by atoms with Crippen LogP contribution in [0.2, 0.25) is 0 Å². The number of aryl methyl sites for hydroxylation is 1. The summed E-state index contributed by atoms with van der Waals surface area (Å²) in [6.07, 6.45) is 3.20. The molecule has 94 valence electrons. The van der Waals surface area contributed by atoms with Gasteiger partial charge in [0.25, 0.3) is 0 Å². The highest BCUT2D eigenvalue weighted by Crippen LogP contribution is 2.21. The second-order valence-corrected chi connectivity index (χ2v) is 4.07. The highest BCUT2D eigenvalue weighted by Gasteiger charge is 2.18.